The lowest BCUT2D eigenvalue weighted by Crippen LogP contribution is -2.50. The van der Waals surface area contributed by atoms with E-state index in [0.717, 1.165) is 32.0 Å². The molecule has 1 aromatic rings. The van der Waals surface area contributed by atoms with Crippen molar-refractivity contribution >= 4 is 11.7 Å². The Morgan fingerprint density at radius 1 is 1.35 bits per heavy atom. The van der Waals surface area contributed by atoms with Crippen LogP contribution in [0.2, 0.25) is 0 Å². The van der Waals surface area contributed by atoms with E-state index >= 15 is 0 Å². The average molecular weight is 234 g/mol. The van der Waals surface area contributed by atoms with Gasteiger partial charge in [0.1, 0.15) is 5.82 Å². The van der Waals surface area contributed by atoms with Crippen LogP contribution >= 0.6 is 0 Å². The van der Waals surface area contributed by atoms with Gasteiger partial charge in [-0.3, -0.25) is 4.79 Å². The van der Waals surface area contributed by atoms with Crippen LogP contribution in [0.25, 0.3) is 0 Å². The van der Waals surface area contributed by atoms with Gasteiger partial charge in [-0.1, -0.05) is 6.07 Å². The lowest BCUT2D eigenvalue weighted by molar-refractivity contribution is -0.130. The lowest BCUT2D eigenvalue weighted by Gasteiger charge is -2.35. The third-order valence-corrected chi connectivity index (χ3v) is 2.93. The van der Waals surface area contributed by atoms with Gasteiger partial charge >= 0.3 is 0 Å². The lowest BCUT2D eigenvalue weighted by atomic mass is 10.3. The van der Waals surface area contributed by atoms with Gasteiger partial charge in [0.05, 0.1) is 6.54 Å². The molecule has 1 N–H and O–H groups in total. The van der Waals surface area contributed by atoms with Gasteiger partial charge < -0.3 is 15.1 Å². The van der Waals surface area contributed by atoms with Crippen molar-refractivity contribution < 1.29 is 4.79 Å². The third-order valence-electron chi connectivity index (χ3n) is 2.93. The second-order valence-electron chi connectivity index (χ2n) is 4.09. The van der Waals surface area contributed by atoms with E-state index < -0.39 is 0 Å². The van der Waals surface area contributed by atoms with E-state index in [1.54, 1.807) is 13.2 Å². The van der Waals surface area contributed by atoms with Gasteiger partial charge in [0.15, 0.2) is 0 Å². The minimum absolute atomic E-state index is 0.174. The summed E-state index contributed by atoms with van der Waals surface area (Å²) < 4.78 is 0. The summed E-state index contributed by atoms with van der Waals surface area (Å²) in [7, 11) is 1.79. The molecule has 1 aliphatic heterocycles. The summed E-state index contributed by atoms with van der Waals surface area (Å²) in [5, 5.41) is 2.89. The molecule has 2 heterocycles. The molecule has 0 saturated carbocycles. The molecule has 0 bridgehead atoms. The first-order valence-electron chi connectivity index (χ1n) is 5.89. The van der Waals surface area contributed by atoms with Crippen molar-refractivity contribution in [1.29, 1.82) is 0 Å². The van der Waals surface area contributed by atoms with Crippen LogP contribution < -0.4 is 10.2 Å². The summed E-state index contributed by atoms with van der Waals surface area (Å²) in [6, 6.07) is 5.90. The summed E-state index contributed by atoms with van der Waals surface area (Å²) in [5.41, 5.74) is 0. The Morgan fingerprint density at radius 2 is 2.12 bits per heavy atom. The number of carbonyl (C=O) groups is 1. The van der Waals surface area contributed by atoms with E-state index in [0.29, 0.717) is 6.54 Å². The van der Waals surface area contributed by atoms with Crippen LogP contribution in [0, 0.1) is 0 Å². The maximum atomic E-state index is 11.7. The monoisotopic (exact) mass is 234 g/mol. The van der Waals surface area contributed by atoms with Crippen molar-refractivity contribution in [2.75, 3.05) is 44.7 Å². The molecule has 1 saturated heterocycles. The zero-order valence-corrected chi connectivity index (χ0v) is 10.1. The summed E-state index contributed by atoms with van der Waals surface area (Å²) in [6.07, 6.45) is 1.80. The van der Waals surface area contributed by atoms with Gasteiger partial charge in [-0.25, -0.2) is 4.98 Å². The fraction of sp³-hybridized carbons (Fsp3) is 0.500. The molecule has 1 fully saturated rings. The molecule has 1 aliphatic rings. The summed E-state index contributed by atoms with van der Waals surface area (Å²) in [4.78, 5) is 20.1. The SMILES string of the molecule is CNCC(=O)N1CCN(c2ccccn2)CC1. The molecular formula is C12H18N4O. The second kappa shape index (κ2) is 5.63. The molecule has 5 heteroatoms. The van der Waals surface area contributed by atoms with E-state index in [1.165, 1.54) is 0 Å². The van der Waals surface area contributed by atoms with Gasteiger partial charge in [0.25, 0.3) is 0 Å². The summed E-state index contributed by atoms with van der Waals surface area (Å²) in [5.74, 6) is 1.17. The van der Waals surface area contributed by atoms with Crippen LogP contribution in [0.1, 0.15) is 0 Å². The predicted molar refractivity (Wildman–Crippen MR) is 67.0 cm³/mol. The van der Waals surface area contributed by atoms with Crippen LogP contribution in [0.4, 0.5) is 5.82 Å². The Balaban J connectivity index is 1.88. The number of nitrogens with zero attached hydrogens (tertiary/aromatic N) is 3. The second-order valence-corrected chi connectivity index (χ2v) is 4.09. The van der Waals surface area contributed by atoms with Gasteiger partial charge in [0, 0.05) is 32.4 Å². The molecule has 1 aromatic heterocycles. The van der Waals surface area contributed by atoms with Gasteiger partial charge in [-0.05, 0) is 19.2 Å². The number of hydrogen-bond acceptors (Lipinski definition) is 4. The summed E-state index contributed by atoms with van der Waals surface area (Å²) >= 11 is 0. The highest BCUT2D eigenvalue weighted by molar-refractivity contribution is 5.78. The van der Waals surface area contributed by atoms with E-state index in [9.17, 15) is 4.79 Å². The molecule has 2 rings (SSSR count). The number of pyridine rings is 1. The smallest absolute Gasteiger partial charge is 0.236 e. The minimum Gasteiger partial charge on any atom is -0.353 e. The van der Waals surface area contributed by atoms with Crippen molar-refractivity contribution in [3.05, 3.63) is 24.4 Å². The molecule has 0 spiro atoms. The van der Waals surface area contributed by atoms with Gasteiger partial charge in [0.2, 0.25) is 5.91 Å². The number of carbonyl (C=O) groups excluding carboxylic acids is 1. The maximum absolute atomic E-state index is 11.7. The number of hydrogen-bond donors (Lipinski definition) is 1. The Hall–Kier alpha value is -1.62. The van der Waals surface area contributed by atoms with E-state index in [4.69, 9.17) is 0 Å². The molecule has 0 unspecified atom stereocenters. The van der Waals surface area contributed by atoms with Crippen molar-refractivity contribution in [1.82, 2.24) is 15.2 Å². The number of aromatic nitrogens is 1. The Bertz CT molecular complexity index is 360. The minimum atomic E-state index is 0.174. The van der Waals surface area contributed by atoms with Crippen molar-refractivity contribution in [3.8, 4) is 0 Å². The highest BCUT2D eigenvalue weighted by atomic mass is 16.2. The number of amides is 1. The van der Waals surface area contributed by atoms with Crippen LogP contribution in [0.3, 0.4) is 0 Å². The van der Waals surface area contributed by atoms with E-state index in [1.807, 2.05) is 23.1 Å². The highest BCUT2D eigenvalue weighted by Gasteiger charge is 2.20. The fourth-order valence-corrected chi connectivity index (χ4v) is 1.99. The molecule has 1 amide bonds. The molecule has 5 nitrogen and oxygen atoms in total. The topological polar surface area (TPSA) is 48.5 Å². The standard InChI is InChI=1S/C12H18N4O/c1-13-10-12(17)16-8-6-15(7-9-16)11-4-2-3-5-14-11/h2-5,13H,6-10H2,1H3. The van der Waals surface area contributed by atoms with Crippen LogP contribution in [-0.4, -0.2) is 55.6 Å². The Kier molecular flexibility index (Phi) is 3.93. The summed E-state index contributed by atoms with van der Waals surface area (Å²) in [6.45, 7) is 3.68. The van der Waals surface area contributed by atoms with E-state index in [-0.39, 0.29) is 5.91 Å². The molecule has 0 atom stereocenters. The molecule has 92 valence electrons. The van der Waals surface area contributed by atoms with E-state index in [2.05, 4.69) is 15.2 Å². The molecular weight excluding hydrogens is 216 g/mol. The normalized spacial score (nSPS) is 16.1. The quantitative estimate of drug-likeness (QED) is 0.796. The van der Waals surface area contributed by atoms with Crippen LogP contribution in [0.5, 0.6) is 0 Å². The largest absolute Gasteiger partial charge is 0.353 e. The predicted octanol–water partition coefficient (Wildman–Crippen LogP) is -0.0504. The Morgan fingerprint density at radius 3 is 2.71 bits per heavy atom. The Labute approximate surface area is 101 Å². The van der Waals surface area contributed by atoms with Crippen molar-refractivity contribution in [2.24, 2.45) is 0 Å². The number of nitrogens with one attached hydrogen (secondary N) is 1. The van der Waals surface area contributed by atoms with Crippen LogP contribution in [0.15, 0.2) is 24.4 Å². The van der Waals surface area contributed by atoms with Crippen LogP contribution in [-0.2, 0) is 4.79 Å². The zero-order chi connectivity index (χ0) is 12.1. The number of anilines is 1. The molecule has 0 aromatic carbocycles. The third kappa shape index (κ3) is 2.94. The first kappa shape index (κ1) is 11.9. The van der Waals surface area contributed by atoms with Gasteiger partial charge in [-0.15, -0.1) is 0 Å². The molecule has 17 heavy (non-hydrogen) atoms. The number of piperazine rings is 1. The molecule has 0 radical (unpaired) electrons. The van der Waals surface area contributed by atoms with Crippen molar-refractivity contribution in [3.63, 3.8) is 0 Å². The number of likely N-dealkylation sites (N-methyl/N-ethyl adjacent to an activating group) is 1. The highest BCUT2D eigenvalue weighted by Crippen LogP contribution is 2.12. The fourth-order valence-electron chi connectivity index (χ4n) is 1.99. The first-order valence-corrected chi connectivity index (χ1v) is 5.89. The maximum Gasteiger partial charge on any atom is 0.236 e. The zero-order valence-electron chi connectivity index (χ0n) is 10.1. The van der Waals surface area contributed by atoms with Crippen molar-refractivity contribution in [2.45, 2.75) is 0 Å². The molecule has 0 aliphatic carbocycles. The average Bonchev–Trinajstić information content (AvgIpc) is 2.40. The number of rotatable bonds is 3. The first-order chi connectivity index (χ1) is 8.31. The van der Waals surface area contributed by atoms with Gasteiger partial charge in [-0.2, -0.15) is 0 Å².